The van der Waals surface area contributed by atoms with Gasteiger partial charge in [0.25, 0.3) is 0 Å². The first-order valence-electron chi connectivity index (χ1n) is 8.57. The highest BCUT2D eigenvalue weighted by Gasteiger charge is 2.13. The van der Waals surface area contributed by atoms with Crippen molar-refractivity contribution in [1.29, 1.82) is 21.0 Å². The van der Waals surface area contributed by atoms with Crippen LogP contribution in [0.2, 0.25) is 0 Å². The van der Waals surface area contributed by atoms with Gasteiger partial charge >= 0.3 is 0 Å². The molecule has 0 unspecified atom stereocenters. The summed E-state index contributed by atoms with van der Waals surface area (Å²) < 4.78 is 27.7. The van der Waals surface area contributed by atoms with E-state index in [1.165, 1.54) is 48.5 Å². The van der Waals surface area contributed by atoms with Gasteiger partial charge in [0.05, 0.1) is 0 Å². The van der Waals surface area contributed by atoms with E-state index in [0.29, 0.717) is 22.3 Å². The Balaban J connectivity index is 2.62. The monoisotopic (exact) mass is 392 g/mol. The predicted octanol–water partition coefficient (Wildman–Crippen LogP) is 3.69. The van der Waals surface area contributed by atoms with Crippen molar-refractivity contribution in [2.75, 3.05) is 0 Å². The third kappa shape index (κ3) is 3.76. The fourth-order valence-corrected chi connectivity index (χ4v) is 3.09. The summed E-state index contributed by atoms with van der Waals surface area (Å²) in [7, 11) is 0. The molecule has 3 aromatic rings. The number of rotatable bonds is 2. The lowest BCUT2D eigenvalue weighted by Crippen LogP contribution is -2.19. The summed E-state index contributed by atoms with van der Waals surface area (Å²) in [5.74, 6) is -1.07. The number of hydrogen-bond donors (Lipinski definition) is 0. The first-order chi connectivity index (χ1) is 14.5. The Hall–Kier alpha value is -4.78. The fraction of sp³-hybridized carbons (Fsp3) is 0. The molecule has 3 aromatic carbocycles. The molecule has 0 amide bonds. The molecule has 6 heteroatoms. The Morgan fingerprint density at radius 2 is 0.933 bits per heavy atom. The van der Waals surface area contributed by atoms with E-state index in [1.54, 1.807) is 12.1 Å². The quantitative estimate of drug-likeness (QED) is 0.664. The zero-order chi connectivity index (χ0) is 21.7. The van der Waals surface area contributed by atoms with E-state index in [1.807, 2.05) is 24.3 Å². The second-order valence-corrected chi connectivity index (χ2v) is 6.16. The normalized spacial score (nSPS) is 9.53. The van der Waals surface area contributed by atoms with Crippen LogP contribution in [0.1, 0.15) is 0 Å². The summed E-state index contributed by atoms with van der Waals surface area (Å²) in [6.45, 7) is 0. The van der Waals surface area contributed by atoms with E-state index in [9.17, 15) is 29.8 Å². The van der Waals surface area contributed by atoms with Crippen LogP contribution in [0, 0.1) is 57.0 Å². The average Bonchev–Trinajstić information content (AvgIpc) is 2.75. The number of halogens is 2. The molecule has 0 aliphatic heterocycles. The van der Waals surface area contributed by atoms with Gasteiger partial charge in [0.1, 0.15) is 47.1 Å². The van der Waals surface area contributed by atoms with Crippen LogP contribution in [0.3, 0.4) is 0 Å². The number of nitrogens with zero attached hydrogens (tertiary/aromatic N) is 4. The highest BCUT2D eigenvalue weighted by Crippen LogP contribution is 2.21. The number of benzene rings is 3. The third-order valence-electron chi connectivity index (χ3n) is 4.41. The minimum atomic E-state index is -0.533. The van der Waals surface area contributed by atoms with Crippen molar-refractivity contribution in [3.63, 3.8) is 0 Å². The zero-order valence-corrected chi connectivity index (χ0v) is 15.3. The first-order valence-corrected chi connectivity index (χ1v) is 8.57. The van der Waals surface area contributed by atoms with Crippen LogP contribution in [0.15, 0.2) is 60.7 Å². The molecule has 0 N–H and O–H groups in total. The lowest BCUT2D eigenvalue weighted by atomic mass is 9.92. The van der Waals surface area contributed by atoms with Crippen LogP contribution >= 0.6 is 0 Å². The third-order valence-corrected chi connectivity index (χ3v) is 4.41. The van der Waals surface area contributed by atoms with Crippen molar-refractivity contribution in [2.24, 2.45) is 0 Å². The standard InChI is InChI=1S/C24H10F2N4/c25-19-5-1-3-15(7-19)21-9-24(18(13-29)14-30)22(10-23(21)17(11-27)12-28)16-4-2-6-20(26)8-16/h1-10H. The smallest absolute Gasteiger partial charge is 0.137 e. The van der Waals surface area contributed by atoms with Crippen LogP contribution in [0.4, 0.5) is 8.78 Å². The highest BCUT2D eigenvalue weighted by molar-refractivity contribution is 5.85. The van der Waals surface area contributed by atoms with Crippen LogP contribution in [0.5, 0.6) is 0 Å². The second-order valence-electron chi connectivity index (χ2n) is 6.16. The van der Waals surface area contributed by atoms with Gasteiger partial charge in [0.2, 0.25) is 0 Å². The van der Waals surface area contributed by atoms with E-state index < -0.39 is 11.6 Å². The average molecular weight is 392 g/mol. The largest absolute Gasteiger partial charge is 0.207 e. The lowest BCUT2D eigenvalue weighted by Gasteiger charge is -2.10. The maximum absolute atomic E-state index is 13.8. The zero-order valence-electron chi connectivity index (χ0n) is 15.3. The minimum absolute atomic E-state index is 0.184. The first kappa shape index (κ1) is 20.0. The van der Waals surface area contributed by atoms with Crippen LogP contribution in [-0.4, -0.2) is 0 Å². The summed E-state index contributed by atoms with van der Waals surface area (Å²) >= 11 is 0. The molecule has 0 heterocycles. The molecule has 140 valence electrons. The van der Waals surface area contributed by atoms with Gasteiger partial charge in [-0.25, -0.2) is 8.78 Å². The molecule has 0 saturated carbocycles. The number of hydrogen-bond acceptors (Lipinski definition) is 4. The summed E-state index contributed by atoms with van der Waals surface area (Å²) in [6.07, 6.45) is 0. The van der Waals surface area contributed by atoms with Gasteiger partial charge in [-0.15, -0.1) is 0 Å². The predicted molar refractivity (Wildman–Crippen MR) is 106 cm³/mol. The van der Waals surface area contributed by atoms with E-state index in [0.717, 1.165) is 0 Å². The topological polar surface area (TPSA) is 95.2 Å². The molecule has 0 aromatic heterocycles. The van der Waals surface area contributed by atoms with Crippen molar-refractivity contribution in [1.82, 2.24) is 0 Å². The van der Waals surface area contributed by atoms with Crippen LogP contribution < -0.4 is 10.4 Å². The summed E-state index contributed by atoms with van der Waals surface area (Å²) in [6, 6.07) is 21.1. The molecule has 0 aliphatic rings. The summed E-state index contributed by atoms with van der Waals surface area (Å²) in [5.41, 5.74) is 0.824. The molecule has 0 fully saturated rings. The lowest BCUT2D eigenvalue weighted by molar-refractivity contribution is 0.628. The van der Waals surface area contributed by atoms with Gasteiger partial charge in [-0.3, -0.25) is 0 Å². The minimum Gasteiger partial charge on any atom is -0.207 e. The number of nitriles is 4. The Morgan fingerprint density at radius 1 is 0.567 bits per heavy atom. The molecule has 4 nitrogen and oxygen atoms in total. The van der Waals surface area contributed by atoms with Gasteiger partial charge in [-0.05, 0) is 58.7 Å². The molecular formula is C24H10F2N4. The highest BCUT2D eigenvalue weighted by atomic mass is 19.1. The fourth-order valence-electron chi connectivity index (χ4n) is 3.09. The molecule has 3 rings (SSSR count). The van der Waals surface area contributed by atoms with E-state index >= 15 is 0 Å². The Bertz CT molecular complexity index is 1310. The van der Waals surface area contributed by atoms with Gasteiger partial charge in [0, 0.05) is 10.4 Å². The maximum atomic E-state index is 13.8. The van der Waals surface area contributed by atoms with Gasteiger partial charge < -0.3 is 0 Å². The summed E-state index contributed by atoms with van der Waals surface area (Å²) in [5, 5.41) is 38.1. The van der Waals surface area contributed by atoms with Gasteiger partial charge in [0.15, 0.2) is 0 Å². The van der Waals surface area contributed by atoms with Crippen molar-refractivity contribution in [2.45, 2.75) is 0 Å². The SMILES string of the molecule is N#CC(C#N)=c1cc(-c2cccc(F)c2)c(=C(C#N)C#N)cc1-c1cccc(F)c1. The molecule has 0 radical (unpaired) electrons. The molecule has 0 aliphatic carbocycles. The molecule has 0 saturated heterocycles. The summed E-state index contributed by atoms with van der Waals surface area (Å²) in [4.78, 5) is 0. The van der Waals surface area contributed by atoms with Crippen molar-refractivity contribution in [3.8, 4) is 46.5 Å². The molecular weight excluding hydrogens is 382 g/mol. The Morgan fingerprint density at radius 3 is 1.23 bits per heavy atom. The van der Waals surface area contributed by atoms with Crippen LogP contribution in [-0.2, 0) is 0 Å². The van der Waals surface area contributed by atoms with E-state index in [4.69, 9.17) is 0 Å². The molecule has 30 heavy (non-hydrogen) atoms. The molecule has 0 bridgehead atoms. The van der Waals surface area contributed by atoms with Gasteiger partial charge in [-0.1, -0.05) is 24.3 Å². The second kappa shape index (κ2) is 8.49. The van der Waals surface area contributed by atoms with Crippen molar-refractivity contribution in [3.05, 3.63) is 82.7 Å². The van der Waals surface area contributed by atoms with E-state index in [-0.39, 0.29) is 21.6 Å². The van der Waals surface area contributed by atoms with Crippen LogP contribution in [0.25, 0.3) is 33.4 Å². The van der Waals surface area contributed by atoms with Crippen molar-refractivity contribution < 1.29 is 8.78 Å². The maximum Gasteiger partial charge on any atom is 0.137 e. The Kier molecular flexibility index (Phi) is 5.65. The molecule has 0 atom stereocenters. The Labute approximate surface area is 170 Å². The van der Waals surface area contributed by atoms with Crippen molar-refractivity contribution >= 4 is 11.1 Å². The van der Waals surface area contributed by atoms with E-state index in [2.05, 4.69) is 0 Å². The van der Waals surface area contributed by atoms with Gasteiger partial charge in [-0.2, -0.15) is 21.0 Å². The molecule has 0 spiro atoms.